The van der Waals surface area contributed by atoms with Gasteiger partial charge in [0.2, 0.25) is 33.7 Å². The van der Waals surface area contributed by atoms with Gasteiger partial charge < -0.3 is 36.2 Å². The highest BCUT2D eigenvalue weighted by Gasteiger charge is 2.43. The van der Waals surface area contributed by atoms with Gasteiger partial charge in [-0.25, -0.2) is 22.8 Å². The van der Waals surface area contributed by atoms with E-state index in [1.807, 2.05) is 57.5 Å². The first-order chi connectivity index (χ1) is 35.2. The van der Waals surface area contributed by atoms with Crippen molar-refractivity contribution in [3.8, 4) is 10.4 Å². The van der Waals surface area contributed by atoms with Gasteiger partial charge in [0.25, 0.3) is 0 Å². The number of aliphatic hydroxyl groups is 1. The molecular weight excluding hydrogens is 1010 g/mol. The second-order valence-electron chi connectivity index (χ2n) is 20.4. The van der Waals surface area contributed by atoms with E-state index in [9.17, 15) is 27.9 Å². The van der Waals surface area contributed by atoms with Crippen LogP contribution in [-0.2, 0) is 31.0 Å². The number of carbonyl (C=O) groups is 3. The summed E-state index contributed by atoms with van der Waals surface area (Å²) in [6.45, 7) is 12.5. The van der Waals surface area contributed by atoms with Crippen LogP contribution in [0.3, 0.4) is 0 Å². The summed E-state index contributed by atoms with van der Waals surface area (Å²) in [5.74, 6) is -0.785. The number of thiazole rings is 1. The van der Waals surface area contributed by atoms with Gasteiger partial charge in [0.1, 0.15) is 16.9 Å². The Morgan fingerprint density at radius 1 is 0.959 bits per heavy atom. The number of rotatable bonds is 17. The Morgan fingerprint density at radius 3 is 2.34 bits per heavy atom. The van der Waals surface area contributed by atoms with Gasteiger partial charge in [-0.15, -0.1) is 11.3 Å². The monoisotopic (exact) mass is 1070 g/mol. The molecule has 5 aromatic rings. The van der Waals surface area contributed by atoms with Crippen LogP contribution in [0.4, 0.5) is 38.9 Å². The Balaban J connectivity index is 0.780. The highest BCUT2D eigenvalue weighted by Crippen LogP contribution is 2.34. The number of amides is 3. The molecule has 3 aliphatic rings. The number of carbonyl (C=O) groups excluding carboxylic acids is 3. The average molecular weight is 1070 g/mol. The number of hydrogen-bond donors (Lipinski definition) is 5. The Hall–Kier alpha value is -5.97. The lowest BCUT2D eigenvalue weighted by Gasteiger charge is -2.43. The second-order valence-corrected chi connectivity index (χ2v) is 23.7. The molecule has 396 valence electrons. The van der Waals surface area contributed by atoms with Crippen LogP contribution < -0.4 is 30.5 Å². The van der Waals surface area contributed by atoms with Crippen molar-refractivity contribution in [3.63, 3.8) is 0 Å². The van der Waals surface area contributed by atoms with Crippen molar-refractivity contribution in [2.24, 2.45) is 5.41 Å². The van der Waals surface area contributed by atoms with E-state index >= 15 is 4.39 Å². The third kappa shape index (κ3) is 13.5. The van der Waals surface area contributed by atoms with E-state index in [-0.39, 0.29) is 60.4 Å². The predicted molar refractivity (Wildman–Crippen MR) is 289 cm³/mol. The summed E-state index contributed by atoms with van der Waals surface area (Å²) in [5, 5.41) is 23.0. The first kappa shape index (κ1) is 54.3. The number of nitrogens with one attached hydrogen (secondary N) is 4. The fourth-order valence-corrected chi connectivity index (χ4v) is 11.3. The van der Waals surface area contributed by atoms with E-state index < -0.39 is 39.4 Å². The SMILES string of the molecule is Cc1ncsc1-c1ccc(CNC(=O)C[C@H]2C[C@@H](O)CN2C(=O)[C@@H](NC(=O)CN2CCN(C3CCN(c4ccc(Nc5ncc(Cl)c(Nc6ccccc6N(C)S(C)(=O)=O)n5)cc4F)CC3)CC2)C(C)(C)C)cc1. The first-order valence-electron chi connectivity index (χ1n) is 24.8. The first-order valence-corrected chi connectivity index (χ1v) is 27.9. The Bertz CT molecular complexity index is 2910. The van der Waals surface area contributed by atoms with Crippen LogP contribution in [0.5, 0.6) is 0 Å². The van der Waals surface area contributed by atoms with Gasteiger partial charge in [0.15, 0.2) is 5.82 Å². The van der Waals surface area contributed by atoms with Crippen molar-refractivity contribution in [2.75, 3.05) is 85.5 Å². The van der Waals surface area contributed by atoms with Crippen molar-refractivity contribution in [1.82, 2.24) is 40.3 Å². The minimum atomic E-state index is -3.54. The number of aliphatic hydroxyl groups excluding tert-OH is 1. The largest absolute Gasteiger partial charge is 0.391 e. The molecule has 18 nitrogen and oxygen atoms in total. The van der Waals surface area contributed by atoms with Crippen molar-refractivity contribution in [2.45, 2.75) is 84.2 Å². The molecule has 2 aromatic heterocycles. The number of piperidine rings is 1. The van der Waals surface area contributed by atoms with Crippen LogP contribution in [0.2, 0.25) is 5.02 Å². The van der Waals surface area contributed by atoms with Gasteiger partial charge in [-0.3, -0.25) is 28.5 Å². The molecule has 3 amide bonds. The number of hydrogen-bond acceptors (Lipinski definition) is 15. The molecule has 0 unspecified atom stereocenters. The fraction of sp³-hybridized carbons (Fsp3) is 0.462. The third-order valence-electron chi connectivity index (χ3n) is 14.0. The number of halogens is 2. The Morgan fingerprint density at radius 2 is 1.68 bits per heavy atom. The molecule has 5 N–H and O–H groups in total. The van der Waals surface area contributed by atoms with Crippen LogP contribution in [0.25, 0.3) is 10.4 Å². The molecule has 5 heterocycles. The summed E-state index contributed by atoms with van der Waals surface area (Å²) in [5.41, 5.74) is 5.97. The van der Waals surface area contributed by atoms with E-state index in [1.165, 1.54) is 19.3 Å². The van der Waals surface area contributed by atoms with Gasteiger partial charge in [-0.05, 0) is 73.1 Å². The number of aromatic nitrogens is 3. The van der Waals surface area contributed by atoms with Gasteiger partial charge in [-0.1, -0.05) is 68.8 Å². The highest BCUT2D eigenvalue weighted by molar-refractivity contribution is 7.92. The quantitative estimate of drug-likeness (QED) is 0.0686. The van der Waals surface area contributed by atoms with Gasteiger partial charge >= 0.3 is 0 Å². The van der Waals surface area contributed by atoms with Crippen LogP contribution in [-0.4, -0.2) is 151 Å². The highest BCUT2D eigenvalue weighted by atomic mass is 35.5. The lowest BCUT2D eigenvalue weighted by Crippen LogP contribution is -2.58. The summed E-state index contributed by atoms with van der Waals surface area (Å²) in [6.07, 6.45) is 3.75. The minimum absolute atomic E-state index is 0.0370. The minimum Gasteiger partial charge on any atom is -0.391 e. The number of sulfonamides is 1. The zero-order valence-electron chi connectivity index (χ0n) is 42.6. The molecule has 0 saturated carbocycles. The van der Waals surface area contributed by atoms with E-state index in [2.05, 4.69) is 50.9 Å². The van der Waals surface area contributed by atoms with E-state index in [4.69, 9.17) is 11.6 Å². The van der Waals surface area contributed by atoms with Crippen LogP contribution >= 0.6 is 22.9 Å². The molecule has 0 spiro atoms. The number of β-amino-alcohol motifs (C(OH)–C–C–N with tert-alkyl or cyclic N) is 1. The van der Waals surface area contributed by atoms with E-state index in [1.54, 1.807) is 52.6 Å². The molecule has 74 heavy (non-hydrogen) atoms. The molecule has 8 rings (SSSR count). The molecule has 3 fully saturated rings. The summed E-state index contributed by atoms with van der Waals surface area (Å²) in [6, 6.07) is 18.7. The lowest BCUT2D eigenvalue weighted by atomic mass is 9.85. The molecular formula is C52H66ClFN12O6S2. The van der Waals surface area contributed by atoms with Gasteiger partial charge in [0, 0.05) is 83.6 Å². The molecule has 0 aliphatic carbocycles. The third-order valence-corrected chi connectivity index (χ3v) is 16.4. The molecule has 0 bridgehead atoms. The average Bonchev–Trinajstić information content (AvgIpc) is 3.97. The maximum atomic E-state index is 15.7. The number of likely N-dealkylation sites (tertiary alicyclic amines) is 1. The standard InChI is InChI=1S/C52H66ClFN12O6S2/c1-33-47(73-32-57-33)35-13-11-34(12-14-35)28-55-45(68)27-38-26-39(67)30-66(38)50(70)48(52(2,3)4)60-46(69)31-63-21-23-64(24-22-63)37-17-19-65(20-18-37)43-16-15-36(25-41(43)54)58-51-56-29-40(53)49(61-51)59-42-9-7-8-10-44(42)62(5)74(6,71)72/h7-16,25,29,32,37-39,48,67H,17-24,26-28,30-31H2,1-6H3,(H,55,68)(H,60,69)(H2,56,58,59,61)/t38-,39-,48-/m1/s1. The van der Waals surface area contributed by atoms with Gasteiger partial charge in [0.05, 0.1) is 58.2 Å². The number of anilines is 6. The summed E-state index contributed by atoms with van der Waals surface area (Å²) >= 11 is 8.01. The van der Waals surface area contributed by atoms with Crippen LogP contribution in [0.1, 0.15) is 57.7 Å². The van der Waals surface area contributed by atoms with E-state index in [0.717, 1.165) is 58.2 Å². The normalized spacial score (nSPS) is 18.5. The summed E-state index contributed by atoms with van der Waals surface area (Å²) in [4.78, 5) is 63.4. The maximum absolute atomic E-state index is 15.7. The molecule has 3 aromatic carbocycles. The number of piperazine rings is 1. The zero-order chi connectivity index (χ0) is 52.9. The molecule has 3 atom stereocenters. The molecule has 3 saturated heterocycles. The zero-order valence-corrected chi connectivity index (χ0v) is 45.0. The van der Waals surface area contributed by atoms with Crippen molar-refractivity contribution in [3.05, 3.63) is 101 Å². The predicted octanol–water partition coefficient (Wildman–Crippen LogP) is 6.37. The number of benzene rings is 3. The van der Waals surface area contributed by atoms with Gasteiger partial charge in [-0.2, -0.15) is 4.98 Å². The van der Waals surface area contributed by atoms with Crippen molar-refractivity contribution in [1.29, 1.82) is 0 Å². The lowest BCUT2D eigenvalue weighted by molar-refractivity contribution is -0.141. The Kier molecular flexibility index (Phi) is 17.1. The second kappa shape index (κ2) is 23.3. The topological polar surface area (TPSA) is 209 Å². The number of aryl methyl sites for hydroxylation is 1. The smallest absolute Gasteiger partial charge is 0.246 e. The molecule has 22 heteroatoms. The van der Waals surface area contributed by atoms with Crippen molar-refractivity contribution < 1.29 is 32.3 Å². The summed E-state index contributed by atoms with van der Waals surface area (Å²) in [7, 11) is -2.09. The van der Waals surface area contributed by atoms with Crippen LogP contribution in [0.15, 0.2) is 78.4 Å². The number of nitrogens with zero attached hydrogens (tertiary/aromatic N) is 8. The number of para-hydroxylation sites is 2. The molecule has 0 radical (unpaired) electrons. The maximum Gasteiger partial charge on any atom is 0.246 e. The fourth-order valence-electron chi connectivity index (χ4n) is 9.82. The molecule has 3 aliphatic heterocycles. The van der Waals surface area contributed by atoms with E-state index in [0.29, 0.717) is 61.5 Å². The van der Waals surface area contributed by atoms with Crippen molar-refractivity contribution >= 4 is 85.2 Å². The summed E-state index contributed by atoms with van der Waals surface area (Å²) < 4.78 is 41.4. The Labute approximate surface area is 441 Å². The van der Waals surface area contributed by atoms with Crippen LogP contribution in [0, 0.1) is 18.2 Å².